The van der Waals surface area contributed by atoms with Crippen molar-refractivity contribution in [1.82, 2.24) is 25.4 Å². The molecule has 0 N–H and O–H groups in total. The number of thiophene rings is 1. The topological polar surface area (TPSA) is 105 Å². The Kier molecular flexibility index (Phi) is 6.44. The second-order valence-electron chi connectivity index (χ2n) is 7.31. The van der Waals surface area contributed by atoms with Crippen molar-refractivity contribution in [2.24, 2.45) is 0 Å². The number of carbonyl (C=O) groups is 1. The monoisotopic (exact) mass is 485 g/mol. The number of hydrogen-bond acceptors (Lipinski definition) is 9. The molecule has 0 saturated heterocycles. The van der Waals surface area contributed by atoms with E-state index in [1.807, 2.05) is 72.1 Å². The van der Waals surface area contributed by atoms with Crippen LogP contribution in [-0.4, -0.2) is 38.4 Å². The molecule has 174 valence electrons. The Morgan fingerprint density at radius 2 is 1.89 bits per heavy atom. The number of hydrogen-bond donors (Lipinski definition) is 0. The first-order chi connectivity index (χ1) is 17.2. The third-order valence-corrected chi connectivity index (χ3v) is 5.87. The van der Waals surface area contributed by atoms with Crippen molar-refractivity contribution < 1.29 is 18.8 Å². The second-order valence-corrected chi connectivity index (χ2v) is 8.29. The molecule has 0 spiro atoms. The number of methoxy groups -OCH3 is 1. The molecule has 0 radical (unpaired) electrons. The smallest absolute Gasteiger partial charge is 0.357 e. The van der Waals surface area contributed by atoms with Crippen molar-refractivity contribution in [2.45, 2.75) is 6.61 Å². The summed E-state index contributed by atoms with van der Waals surface area (Å²) in [6, 6.07) is 22.3. The Labute approximate surface area is 204 Å². The van der Waals surface area contributed by atoms with Crippen molar-refractivity contribution in [3.63, 3.8) is 0 Å². The number of carbonyl (C=O) groups excluding carboxylic acids is 1. The number of esters is 1. The van der Waals surface area contributed by atoms with Gasteiger partial charge in [-0.25, -0.2) is 4.79 Å². The first-order valence-electron chi connectivity index (χ1n) is 10.6. The zero-order valence-corrected chi connectivity index (χ0v) is 19.4. The molecule has 0 aliphatic heterocycles. The van der Waals surface area contributed by atoms with Gasteiger partial charge in [-0.05, 0) is 52.2 Å². The van der Waals surface area contributed by atoms with Gasteiger partial charge in [-0.1, -0.05) is 41.6 Å². The predicted molar refractivity (Wildman–Crippen MR) is 130 cm³/mol. The fourth-order valence-corrected chi connectivity index (χ4v) is 3.97. The van der Waals surface area contributed by atoms with E-state index in [0.29, 0.717) is 17.3 Å². The largest absolute Gasteiger partial charge is 0.497 e. The number of tetrazole rings is 1. The van der Waals surface area contributed by atoms with Gasteiger partial charge in [0.25, 0.3) is 0 Å². The van der Waals surface area contributed by atoms with Gasteiger partial charge in [0.1, 0.15) is 11.4 Å². The van der Waals surface area contributed by atoms with Crippen LogP contribution < -0.4 is 4.74 Å². The standard InChI is InChI=1S/C25H19N5O4S/c1-32-19-11-9-17(10-12-19)22-14-20(34-27-22)16-33-25(31)23(15-21-8-5-13-35-21)30-24(26-28-29-30)18-6-3-2-4-7-18/h2-15H,16H2,1H3/b23-15-. The molecular weight excluding hydrogens is 466 g/mol. The van der Waals surface area contributed by atoms with Crippen LogP contribution >= 0.6 is 11.3 Å². The lowest BCUT2D eigenvalue weighted by Gasteiger charge is -2.09. The fraction of sp³-hybridized carbons (Fsp3) is 0.0800. The summed E-state index contributed by atoms with van der Waals surface area (Å²) in [4.78, 5) is 14.0. The van der Waals surface area contributed by atoms with Gasteiger partial charge < -0.3 is 14.0 Å². The van der Waals surface area contributed by atoms with Crippen LogP contribution in [0.25, 0.3) is 34.4 Å². The normalized spacial score (nSPS) is 11.4. The highest BCUT2D eigenvalue weighted by molar-refractivity contribution is 7.10. The summed E-state index contributed by atoms with van der Waals surface area (Å²) in [5, 5.41) is 17.9. The summed E-state index contributed by atoms with van der Waals surface area (Å²) >= 11 is 1.48. The predicted octanol–water partition coefficient (Wildman–Crippen LogP) is 4.81. The molecular formula is C25H19N5O4S. The van der Waals surface area contributed by atoms with Gasteiger partial charge >= 0.3 is 5.97 Å². The van der Waals surface area contributed by atoms with E-state index in [4.69, 9.17) is 14.0 Å². The lowest BCUT2D eigenvalue weighted by atomic mass is 10.1. The average molecular weight is 486 g/mol. The molecule has 0 aliphatic rings. The van der Waals surface area contributed by atoms with Crippen LogP contribution in [0.2, 0.25) is 0 Å². The molecule has 35 heavy (non-hydrogen) atoms. The summed E-state index contributed by atoms with van der Waals surface area (Å²) in [5.74, 6) is 0.964. The fourth-order valence-electron chi connectivity index (χ4n) is 3.32. The van der Waals surface area contributed by atoms with Crippen LogP contribution in [0.3, 0.4) is 0 Å². The summed E-state index contributed by atoms with van der Waals surface area (Å²) in [6.07, 6.45) is 1.69. The Bertz CT molecular complexity index is 1440. The summed E-state index contributed by atoms with van der Waals surface area (Å²) in [6.45, 7) is -0.105. The molecule has 0 atom stereocenters. The summed E-state index contributed by atoms with van der Waals surface area (Å²) in [5.41, 5.74) is 2.42. The highest BCUT2D eigenvalue weighted by Gasteiger charge is 2.21. The molecule has 0 fully saturated rings. The Balaban J connectivity index is 1.37. The molecule has 0 bridgehead atoms. The SMILES string of the molecule is COc1ccc(-c2cc(COC(=O)/C(=C/c3cccs3)n3nnnc3-c3ccccc3)on2)cc1. The maximum absolute atomic E-state index is 13.2. The highest BCUT2D eigenvalue weighted by atomic mass is 32.1. The number of ether oxygens (including phenoxy) is 2. The zero-order valence-electron chi connectivity index (χ0n) is 18.6. The van der Waals surface area contributed by atoms with Crippen LogP contribution in [0.1, 0.15) is 10.6 Å². The van der Waals surface area contributed by atoms with Gasteiger partial charge in [0.15, 0.2) is 23.9 Å². The number of aromatic nitrogens is 5. The van der Waals surface area contributed by atoms with Crippen molar-refractivity contribution in [3.8, 4) is 28.4 Å². The molecule has 9 nitrogen and oxygen atoms in total. The van der Waals surface area contributed by atoms with E-state index in [9.17, 15) is 4.79 Å². The van der Waals surface area contributed by atoms with Crippen LogP contribution in [0, 0.1) is 0 Å². The van der Waals surface area contributed by atoms with Gasteiger partial charge in [-0.3, -0.25) is 0 Å². The lowest BCUT2D eigenvalue weighted by Crippen LogP contribution is -2.14. The molecule has 0 amide bonds. The molecule has 3 aromatic heterocycles. The molecule has 0 saturated carbocycles. The quantitative estimate of drug-likeness (QED) is 0.228. The van der Waals surface area contributed by atoms with Gasteiger partial charge in [0.2, 0.25) is 0 Å². The van der Waals surface area contributed by atoms with Crippen molar-refractivity contribution in [3.05, 3.63) is 88.8 Å². The van der Waals surface area contributed by atoms with Crippen LogP contribution in [-0.2, 0) is 16.1 Å². The van der Waals surface area contributed by atoms with Gasteiger partial charge in [0.05, 0.1) is 7.11 Å². The molecule has 5 aromatic rings. The number of rotatable bonds is 8. The lowest BCUT2D eigenvalue weighted by molar-refractivity contribution is -0.138. The maximum Gasteiger partial charge on any atom is 0.357 e. The molecule has 3 heterocycles. The van der Waals surface area contributed by atoms with Gasteiger partial charge in [-0.15, -0.1) is 16.4 Å². The van der Waals surface area contributed by atoms with Gasteiger partial charge in [0, 0.05) is 22.1 Å². The minimum atomic E-state index is -0.606. The van der Waals surface area contributed by atoms with E-state index >= 15 is 0 Å². The van der Waals surface area contributed by atoms with Crippen molar-refractivity contribution >= 4 is 29.1 Å². The Morgan fingerprint density at radius 3 is 2.63 bits per heavy atom. The molecule has 10 heteroatoms. The van der Waals surface area contributed by atoms with Crippen LogP contribution in [0.15, 0.2) is 82.7 Å². The zero-order chi connectivity index (χ0) is 24.0. The summed E-state index contributed by atoms with van der Waals surface area (Å²) in [7, 11) is 1.61. The highest BCUT2D eigenvalue weighted by Crippen LogP contribution is 2.25. The van der Waals surface area contributed by atoms with E-state index in [-0.39, 0.29) is 12.3 Å². The van der Waals surface area contributed by atoms with E-state index < -0.39 is 5.97 Å². The average Bonchev–Trinajstić information content (AvgIpc) is 3.68. The third-order valence-electron chi connectivity index (χ3n) is 5.05. The van der Waals surface area contributed by atoms with E-state index in [0.717, 1.165) is 21.8 Å². The molecule has 0 unspecified atom stereocenters. The Morgan fingerprint density at radius 1 is 1.06 bits per heavy atom. The summed E-state index contributed by atoms with van der Waals surface area (Å²) < 4.78 is 17.5. The first kappa shape index (κ1) is 22.2. The third kappa shape index (κ3) is 5.02. The number of benzene rings is 2. The van der Waals surface area contributed by atoms with Crippen molar-refractivity contribution in [2.75, 3.05) is 7.11 Å². The number of nitrogens with zero attached hydrogens (tertiary/aromatic N) is 5. The van der Waals surface area contributed by atoms with E-state index in [1.54, 1.807) is 19.3 Å². The van der Waals surface area contributed by atoms with E-state index in [1.165, 1.54) is 16.0 Å². The van der Waals surface area contributed by atoms with Crippen LogP contribution in [0.4, 0.5) is 0 Å². The Hall–Kier alpha value is -4.57. The molecule has 0 aliphatic carbocycles. The van der Waals surface area contributed by atoms with Crippen molar-refractivity contribution in [1.29, 1.82) is 0 Å². The second kappa shape index (κ2) is 10.1. The molecule has 2 aromatic carbocycles. The first-order valence-corrected chi connectivity index (χ1v) is 11.5. The maximum atomic E-state index is 13.2. The van der Waals surface area contributed by atoms with Crippen LogP contribution in [0.5, 0.6) is 5.75 Å². The van der Waals surface area contributed by atoms with E-state index in [2.05, 4.69) is 20.7 Å². The molecule has 5 rings (SSSR count). The minimum absolute atomic E-state index is 0.105. The van der Waals surface area contributed by atoms with Gasteiger partial charge in [-0.2, -0.15) is 4.68 Å². The minimum Gasteiger partial charge on any atom is -0.497 e.